The minimum atomic E-state index is 0.359. The molecule has 2 nitrogen and oxygen atoms in total. The van der Waals surface area contributed by atoms with Gasteiger partial charge in [0, 0.05) is 11.6 Å². The molecule has 2 aromatic rings. The minimum absolute atomic E-state index is 0.359. The highest BCUT2D eigenvalue weighted by Crippen LogP contribution is 2.28. The summed E-state index contributed by atoms with van der Waals surface area (Å²) in [4.78, 5) is 4.71. The van der Waals surface area contributed by atoms with Crippen molar-refractivity contribution in [2.24, 2.45) is 5.92 Å². The molecule has 0 fully saturated rings. The van der Waals surface area contributed by atoms with Gasteiger partial charge in [0.2, 0.25) is 0 Å². The van der Waals surface area contributed by atoms with E-state index < -0.39 is 0 Å². The molecule has 2 atom stereocenters. The van der Waals surface area contributed by atoms with Gasteiger partial charge in [-0.05, 0) is 36.8 Å². The van der Waals surface area contributed by atoms with Gasteiger partial charge in [-0.15, -0.1) is 0 Å². The number of hydrogen-bond acceptors (Lipinski definition) is 2. The van der Waals surface area contributed by atoms with Crippen molar-refractivity contribution in [3.8, 4) is 0 Å². The second kappa shape index (κ2) is 8.14. The van der Waals surface area contributed by atoms with Gasteiger partial charge in [-0.25, -0.2) is 0 Å². The molecule has 0 bridgehead atoms. The Hall–Kier alpha value is -1.41. The minimum Gasteiger partial charge on any atom is -0.309 e. The van der Waals surface area contributed by atoms with Crippen molar-refractivity contribution in [1.82, 2.24) is 10.3 Å². The maximum absolute atomic E-state index is 4.71. The van der Waals surface area contributed by atoms with Crippen molar-refractivity contribution in [3.63, 3.8) is 0 Å². The second-order valence-corrected chi connectivity index (χ2v) is 6.05. The Morgan fingerprint density at radius 2 is 1.90 bits per heavy atom. The van der Waals surface area contributed by atoms with E-state index in [2.05, 4.69) is 56.4 Å². The summed E-state index contributed by atoms with van der Waals surface area (Å²) in [6.45, 7) is 7.89. The van der Waals surface area contributed by atoms with E-state index in [-0.39, 0.29) is 0 Å². The number of pyridine rings is 1. The quantitative estimate of drug-likeness (QED) is 0.729. The largest absolute Gasteiger partial charge is 0.309 e. The van der Waals surface area contributed by atoms with E-state index in [1.165, 1.54) is 29.3 Å². The summed E-state index contributed by atoms with van der Waals surface area (Å²) in [5.74, 6) is 0.727. The summed E-state index contributed by atoms with van der Waals surface area (Å²) < 4.78 is 0. The van der Waals surface area contributed by atoms with Gasteiger partial charge in [-0.1, -0.05) is 57.9 Å². The van der Waals surface area contributed by atoms with Gasteiger partial charge in [0.05, 0.1) is 11.7 Å². The Labute approximate surface area is 129 Å². The molecule has 2 rings (SSSR count). The molecule has 0 aliphatic heterocycles. The summed E-state index contributed by atoms with van der Waals surface area (Å²) in [6, 6.07) is 11.0. The first-order valence-electron chi connectivity index (χ1n) is 8.33. The van der Waals surface area contributed by atoms with Crippen LogP contribution >= 0.6 is 0 Å². The first-order chi connectivity index (χ1) is 10.3. The van der Waals surface area contributed by atoms with Gasteiger partial charge in [0.25, 0.3) is 0 Å². The molecule has 1 heterocycles. The molecule has 1 aromatic carbocycles. The van der Waals surface area contributed by atoms with Crippen molar-refractivity contribution in [2.45, 2.75) is 52.5 Å². The molecular weight excluding hydrogens is 256 g/mol. The SMILES string of the molecule is CCCNC(CC(C)CCC)c1nccc2ccccc12. The van der Waals surface area contributed by atoms with Crippen LogP contribution in [0.5, 0.6) is 0 Å². The number of rotatable bonds is 8. The van der Waals surface area contributed by atoms with Crippen LogP contribution in [0.3, 0.4) is 0 Å². The Kier molecular flexibility index (Phi) is 6.19. The van der Waals surface area contributed by atoms with E-state index in [0.717, 1.165) is 25.3 Å². The predicted octanol–water partition coefficient (Wildman–Crippen LogP) is 5.10. The highest BCUT2D eigenvalue weighted by atomic mass is 14.9. The first-order valence-corrected chi connectivity index (χ1v) is 8.33. The molecule has 0 aliphatic carbocycles. The van der Waals surface area contributed by atoms with E-state index in [4.69, 9.17) is 4.98 Å². The third-order valence-electron chi connectivity index (χ3n) is 4.09. The molecule has 0 saturated heterocycles. The number of hydrogen-bond donors (Lipinski definition) is 1. The van der Waals surface area contributed by atoms with Gasteiger partial charge in [0.15, 0.2) is 0 Å². The molecule has 2 unspecified atom stereocenters. The third-order valence-corrected chi connectivity index (χ3v) is 4.09. The van der Waals surface area contributed by atoms with Crippen LogP contribution in [0.25, 0.3) is 10.8 Å². The van der Waals surface area contributed by atoms with Gasteiger partial charge >= 0.3 is 0 Å². The normalized spacial score (nSPS) is 14.2. The fraction of sp³-hybridized carbons (Fsp3) is 0.526. The van der Waals surface area contributed by atoms with Crippen molar-refractivity contribution in [3.05, 3.63) is 42.2 Å². The lowest BCUT2D eigenvalue weighted by atomic mass is 9.93. The lowest BCUT2D eigenvalue weighted by molar-refractivity contribution is 0.386. The molecule has 0 spiro atoms. The molecular formula is C19H28N2. The number of aromatic nitrogens is 1. The zero-order chi connectivity index (χ0) is 15.1. The second-order valence-electron chi connectivity index (χ2n) is 6.05. The number of nitrogens with one attached hydrogen (secondary N) is 1. The fourth-order valence-corrected chi connectivity index (χ4v) is 3.04. The van der Waals surface area contributed by atoms with Crippen LogP contribution in [0.1, 0.15) is 58.2 Å². The Morgan fingerprint density at radius 1 is 1.10 bits per heavy atom. The van der Waals surface area contributed by atoms with Crippen LogP contribution in [0.2, 0.25) is 0 Å². The molecule has 2 heteroatoms. The van der Waals surface area contributed by atoms with Crippen LogP contribution in [0, 0.1) is 5.92 Å². The highest BCUT2D eigenvalue weighted by molar-refractivity contribution is 5.84. The van der Waals surface area contributed by atoms with Crippen molar-refractivity contribution < 1.29 is 0 Å². The lowest BCUT2D eigenvalue weighted by Gasteiger charge is -2.23. The number of benzene rings is 1. The zero-order valence-corrected chi connectivity index (χ0v) is 13.6. The molecule has 21 heavy (non-hydrogen) atoms. The topological polar surface area (TPSA) is 24.9 Å². The Balaban J connectivity index is 2.29. The van der Waals surface area contributed by atoms with E-state index in [1.807, 2.05) is 6.20 Å². The molecule has 0 radical (unpaired) electrons. The van der Waals surface area contributed by atoms with E-state index in [0.29, 0.717) is 6.04 Å². The highest BCUT2D eigenvalue weighted by Gasteiger charge is 2.17. The van der Waals surface area contributed by atoms with Crippen LogP contribution in [0.15, 0.2) is 36.5 Å². The maximum atomic E-state index is 4.71. The first kappa shape index (κ1) is 16.0. The van der Waals surface area contributed by atoms with Gasteiger partial charge in [-0.2, -0.15) is 0 Å². The van der Waals surface area contributed by atoms with Crippen LogP contribution < -0.4 is 5.32 Å². The molecule has 0 amide bonds. The van der Waals surface area contributed by atoms with Crippen molar-refractivity contribution in [2.75, 3.05) is 6.54 Å². The summed E-state index contributed by atoms with van der Waals surface area (Å²) in [5, 5.41) is 6.28. The summed E-state index contributed by atoms with van der Waals surface area (Å²) in [6.07, 6.45) is 6.81. The summed E-state index contributed by atoms with van der Waals surface area (Å²) >= 11 is 0. The summed E-state index contributed by atoms with van der Waals surface area (Å²) in [7, 11) is 0. The average molecular weight is 284 g/mol. The Morgan fingerprint density at radius 3 is 2.67 bits per heavy atom. The molecule has 0 aliphatic rings. The van der Waals surface area contributed by atoms with Crippen molar-refractivity contribution in [1.29, 1.82) is 0 Å². The predicted molar refractivity (Wildman–Crippen MR) is 91.5 cm³/mol. The van der Waals surface area contributed by atoms with E-state index in [1.54, 1.807) is 0 Å². The third kappa shape index (κ3) is 4.28. The van der Waals surface area contributed by atoms with Crippen LogP contribution in [-0.2, 0) is 0 Å². The lowest BCUT2D eigenvalue weighted by Crippen LogP contribution is -2.25. The molecule has 1 aromatic heterocycles. The molecule has 1 N–H and O–H groups in total. The van der Waals surface area contributed by atoms with Crippen LogP contribution in [-0.4, -0.2) is 11.5 Å². The monoisotopic (exact) mass is 284 g/mol. The van der Waals surface area contributed by atoms with E-state index >= 15 is 0 Å². The summed E-state index contributed by atoms with van der Waals surface area (Å²) in [5.41, 5.74) is 1.21. The molecule has 114 valence electrons. The van der Waals surface area contributed by atoms with Gasteiger partial charge < -0.3 is 5.32 Å². The number of fused-ring (bicyclic) bond motifs is 1. The van der Waals surface area contributed by atoms with Gasteiger partial charge in [0.1, 0.15) is 0 Å². The standard InChI is InChI=1S/C19H28N2/c1-4-8-15(3)14-18(20-12-5-2)19-17-10-7-6-9-16(17)11-13-21-19/h6-7,9-11,13,15,18,20H,4-5,8,12,14H2,1-3H3. The smallest absolute Gasteiger partial charge is 0.0651 e. The van der Waals surface area contributed by atoms with Crippen LogP contribution in [0.4, 0.5) is 0 Å². The van der Waals surface area contributed by atoms with E-state index in [9.17, 15) is 0 Å². The van der Waals surface area contributed by atoms with Gasteiger partial charge in [-0.3, -0.25) is 4.98 Å². The average Bonchev–Trinajstić information content (AvgIpc) is 2.51. The fourth-order valence-electron chi connectivity index (χ4n) is 3.04. The zero-order valence-electron chi connectivity index (χ0n) is 13.6. The maximum Gasteiger partial charge on any atom is 0.0651 e. The Bertz CT molecular complexity index is 545. The number of nitrogens with zero attached hydrogens (tertiary/aromatic N) is 1. The molecule has 0 saturated carbocycles. The van der Waals surface area contributed by atoms with Crippen molar-refractivity contribution >= 4 is 10.8 Å².